The fraction of sp³-hybridized carbons (Fsp3) is 0.357. The molecule has 0 N–H and O–H groups in total. The van der Waals surface area contributed by atoms with E-state index in [0.29, 0.717) is 23.3 Å². The van der Waals surface area contributed by atoms with Crippen molar-refractivity contribution in [1.82, 2.24) is 30.3 Å². The lowest BCUT2D eigenvalue weighted by Gasteiger charge is -1.94. The number of halogens is 1. The standard InChI is InChI=1S/C14H15ClN6O/c1-2-3-4-12-16-13(22-19-12)9-21-18-14(17-20-21)10-5-7-11(15)8-6-10/h5-8H,2-4,9H2,1H3. The molecule has 2 heterocycles. The van der Waals surface area contributed by atoms with Crippen LogP contribution in [0.4, 0.5) is 0 Å². The summed E-state index contributed by atoms with van der Waals surface area (Å²) < 4.78 is 5.19. The molecule has 0 spiro atoms. The van der Waals surface area contributed by atoms with Crippen LogP contribution in [0.25, 0.3) is 11.4 Å². The third kappa shape index (κ3) is 3.48. The number of rotatable bonds is 6. The largest absolute Gasteiger partial charge is 0.337 e. The molecule has 0 fully saturated rings. The summed E-state index contributed by atoms with van der Waals surface area (Å²) in [6.45, 7) is 2.43. The number of hydrogen-bond donors (Lipinski definition) is 0. The molecule has 3 rings (SSSR count). The van der Waals surface area contributed by atoms with Crippen molar-refractivity contribution in [2.45, 2.75) is 32.7 Å². The first-order valence-corrected chi connectivity index (χ1v) is 7.47. The predicted molar refractivity (Wildman–Crippen MR) is 80.3 cm³/mol. The molecule has 0 aliphatic heterocycles. The average molecular weight is 319 g/mol. The maximum absolute atomic E-state index is 5.86. The molecular formula is C14H15ClN6O. The van der Waals surface area contributed by atoms with Crippen molar-refractivity contribution in [3.8, 4) is 11.4 Å². The molecule has 7 nitrogen and oxygen atoms in total. The summed E-state index contributed by atoms with van der Waals surface area (Å²) in [5.74, 6) is 1.73. The number of hydrogen-bond acceptors (Lipinski definition) is 6. The Morgan fingerprint density at radius 3 is 2.82 bits per heavy atom. The van der Waals surface area contributed by atoms with Crippen molar-refractivity contribution in [3.63, 3.8) is 0 Å². The lowest BCUT2D eigenvalue weighted by atomic mass is 10.2. The van der Waals surface area contributed by atoms with Gasteiger partial charge in [0.25, 0.3) is 0 Å². The summed E-state index contributed by atoms with van der Waals surface area (Å²) in [5.41, 5.74) is 0.852. The van der Waals surface area contributed by atoms with Crippen LogP contribution in [-0.4, -0.2) is 30.3 Å². The van der Waals surface area contributed by atoms with Crippen molar-refractivity contribution < 1.29 is 4.52 Å². The van der Waals surface area contributed by atoms with Gasteiger partial charge in [0.15, 0.2) is 5.82 Å². The van der Waals surface area contributed by atoms with E-state index in [-0.39, 0.29) is 0 Å². The van der Waals surface area contributed by atoms with E-state index in [1.165, 1.54) is 4.80 Å². The summed E-state index contributed by atoms with van der Waals surface area (Å²) in [4.78, 5) is 5.74. The Hall–Kier alpha value is -2.28. The van der Waals surface area contributed by atoms with Crippen molar-refractivity contribution in [1.29, 1.82) is 0 Å². The maximum atomic E-state index is 5.86. The van der Waals surface area contributed by atoms with E-state index in [9.17, 15) is 0 Å². The predicted octanol–water partition coefficient (Wildman–Crippen LogP) is 2.77. The van der Waals surface area contributed by atoms with Crippen molar-refractivity contribution in [2.75, 3.05) is 0 Å². The van der Waals surface area contributed by atoms with E-state index < -0.39 is 0 Å². The Morgan fingerprint density at radius 1 is 1.23 bits per heavy atom. The van der Waals surface area contributed by atoms with Crippen LogP contribution in [0.5, 0.6) is 0 Å². The summed E-state index contributed by atoms with van der Waals surface area (Å²) in [6, 6.07) is 7.27. The minimum absolute atomic E-state index is 0.305. The van der Waals surface area contributed by atoms with Gasteiger partial charge in [0, 0.05) is 17.0 Å². The molecule has 0 bridgehead atoms. The molecule has 0 aliphatic carbocycles. The Bertz CT molecular complexity index is 736. The zero-order valence-corrected chi connectivity index (χ0v) is 12.9. The average Bonchev–Trinajstić information content (AvgIpc) is 3.16. The zero-order chi connectivity index (χ0) is 15.4. The second-order valence-electron chi connectivity index (χ2n) is 4.86. The van der Waals surface area contributed by atoms with Gasteiger partial charge in [0.1, 0.15) is 6.54 Å². The first-order valence-electron chi connectivity index (χ1n) is 7.10. The molecule has 2 aromatic heterocycles. The van der Waals surface area contributed by atoms with Gasteiger partial charge in [-0.3, -0.25) is 0 Å². The number of unbranched alkanes of at least 4 members (excludes halogenated alkanes) is 1. The molecule has 114 valence electrons. The van der Waals surface area contributed by atoms with E-state index in [4.69, 9.17) is 16.1 Å². The molecule has 0 unspecified atom stereocenters. The Balaban J connectivity index is 1.69. The van der Waals surface area contributed by atoms with Gasteiger partial charge in [0.2, 0.25) is 11.7 Å². The molecular weight excluding hydrogens is 304 g/mol. The van der Waals surface area contributed by atoms with E-state index in [2.05, 4.69) is 32.5 Å². The highest BCUT2D eigenvalue weighted by molar-refractivity contribution is 6.30. The maximum Gasteiger partial charge on any atom is 0.250 e. The van der Waals surface area contributed by atoms with Crippen LogP contribution in [0, 0.1) is 0 Å². The number of aryl methyl sites for hydroxylation is 1. The van der Waals surface area contributed by atoms with Gasteiger partial charge in [-0.15, -0.1) is 10.2 Å². The topological polar surface area (TPSA) is 82.5 Å². The molecule has 22 heavy (non-hydrogen) atoms. The highest BCUT2D eigenvalue weighted by atomic mass is 35.5. The number of benzene rings is 1. The van der Waals surface area contributed by atoms with Gasteiger partial charge < -0.3 is 4.52 Å². The molecule has 8 heteroatoms. The highest BCUT2D eigenvalue weighted by Crippen LogP contribution is 2.17. The highest BCUT2D eigenvalue weighted by Gasteiger charge is 2.10. The van der Waals surface area contributed by atoms with Crippen LogP contribution in [-0.2, 0) is 13.0 Å². The normalized spacial score (nSPS) is 11.0. The smallest absolute Gasteiger partial charge is 0.250 e. The van der Waals surface area contributed by atoms with Crippen molar-refractivity contribution in [3.05, 3.63) is 41.0 Å². The first-order chi connectivity index (χ1) is 10.7. The van der Waals surface area contributed by atoms with Gasteiger partial charge in [-0.1, -0.05) is 30.1 Å². The summed E-state index contributed by atoms with van der Waals surface area (Å²) in [6.07, 6.45) is 2.96. The van der Waals surface area contributed by atoms with Crippen molar-refractivity contribution >= 4 is 11.6 Å². The summed E-state index contributed by atoms with van der Waals surface area (Å²) in [5, 5.41) is 16.9. The minimum Gasteiger partial charge on any atom is -0.337 e. The number of aromatic nitrogens is 6. The summed E-state index contributed by atoms with van der Waals surface area (Å²) >= 11 is 5.86. The van der Waals surface area contributed by atoms with E-state index in [1.807, 2.05) is 12.1 Å². The van der Waals surface area contributed by atoms with Gasteiger partial charge in [-0.25, -0.2) is 0 Å². The molecule has 1 aromatic carbocycles. The monoisotopic (exact) mass is 318 g/mol. The van der Waals surface area contributed by atoms with Gasteiger partial charge in [0.05, 0.1) is 0 Å². The van der Waals surface area contributed by atoms with Crippen LogP contribution >= 0.6 is 11.6 Å². The molecule has 0 atom stereocenters. The first kappa shape index (κ1) is 14.6. The third-order valence-corrected chi connectivity index (χ3v) is 3.35. The van der Waals surface area contributed by atoms with E-state index in [1.54, 1.807) is 12.1 Å². The van der Waals surface area contributed by atoms with Crippen LogP contribution in [0.3, 0.4) is 0 Å². The Morgan fingerprint density at radius 2 is 2.05 bits per heavy atom. The fourth-order valence-electron chi connectivity index (χ4n) is 1.94. The molecule has 0 amide bonds. The molecule has 3 aromatic rings. The van der Waals surface area contributed by atoms with E-state index >= 15 is 0 Å². The molecule has 0 aliphatic rings. The molecule has 0 saturated heterocycles. The lowest BCUT2D eigenvalue weighted by Crippen LogP contribution is -2.04. The fourth-order valence-corrected chi connectivity index (χ4v) is 2.06. The Labute approximate surface area is 132 Å². The lowest BCUT2D eigenvalue weighted by molar-refractivity contribution is 0.352. The summed E-state index contributed by atoms with van der Waals surface area (Å²) in [7, 11) is 0. The zero-order valence-electron chi connectivity index (χ0n) is 12.1. The minimum atomic E-state index is 0.305. The van der Waals surface area contributed by atoms with Gasteiger partial charge in [-0.2, -0.15) is 9.78 Å². The van der Waals surface area contributed by atoms with Crippen LogP contribution < -0.4 is 0 Å². The van der Waals surface area contributed by atoms with Crippen LogP contribution in [0.2, 0.25) is 5.02 Å². The van der Waals surface area contributed by atoms with Crippen molar-refractivity contribution in [2.24, 2.45) is 0 Å². The van der Waals surface area contributed by atoms with E-state index in [0.717, 1.165) is 30.7 Å². The molecule has 0 radical (unpaired) electrons. The van der Waals surface area contributed by atoms with Gasteiger partial charge in [-0.05, 0) is 35.9 Å². The van der Waals surface area contributed by atoms with Crippen LogP contribution in [0.1, 0.15) is 31.5 Å². The Kier molecular flexibility index (Phi) is 4.43. The SMILES string of the molecule is CCCCc1noc(Cn2nnc(-c3ccc(Cl)cc3)n2)n1. The number of nitrogens with zero attached hydrogens (tertiary/aromatic N) is 6. The third-order valence-electron chi connectivity index (χ3n) is 3.10. The number of tetrazole rings is 1. The molecule has 0 saturated carbocycles. The second-order valence-corrected chi connectivity index (χ2v) is 5.29. The quantitative estimate of drug-likeness (QED) is 0.695. The second kappa shape index (κ2) is 6.65. The van der Waals surface area contributed by atoms with Crippen LogP contribution in [0.15, 0.2) is 28.8 Å². The van der Waals surface area contributed by atoms with Gasteiger partial charge >= 0.3 is 0 Å².